The summed E-state index contributed by atoms with van der Waals surface area (Å²) in [5.74, 6) is -0.233. The Hall–Kier alpha value is -2.33. The topological polar surface area (TPSA) is 52.6 Å². The van der Waals surface area contributed by atoms with Crippen molar-refractivity contribution in [3.63, 3.8) is 0 Å². The molecule has 0 aliphatic heterocycles. The van der Waals surface area contributed by atoms with Crippen molar-refractivity contribution in [2.75, 3.05) is 6.61 Å². The molecule has 0 aliphatic carbocycles. The zero-order valence-corrected chi connectivity index (χ0v) is 20.2. The van der Waals surface area contributed by atoms with Gasteiger partial charge in [0.2, 0.25) is 0 Å². The first kappa shape index (κ1) is 25.9. The molecule has 0 aromatic heterocycles. The molecule has 0 fully saturated rings. The summed E-state index contributed by atoms with van der Waals surface area (Å²) in [6, 6.07) is 14.7. The van der Waals surface area contributed by atoms with E-state index < -0.39 is 5.97 Å². The lowest BCUT2D eigenvalue weighted by Gasteiger charge is -2.15. The first-order valence-electron chi connectivity index (χ1n) is 11.6. The third-order valence-corrected chi connectivity index (χ3v) is 5.99. The lowest BCUT2D eigenvalue weighted by atomic mass is 9.99. The maximum Gasteiger partial charge on any atom is 0.338 e. The molecule has 0 amide bonds. The Morgan fingerprint density at radius 1 is 0.938 bits per heavy atom. The minimum atomic E-state index is -0.482. The van der Waals surface area contributed by atoms with Crippen molar-refractivity contribution < 1.29 is 19.1 Å². The summed E-state index contributed by atoms with van der Waals surface area (Å²) in [5, 5.41) is -0.266. The van der Waals surface area contributed by atoms with Crippen LogP contribution in [-0.2, 0) is 9.53 Å². The number of carbonyl (C=O) groups is 2. The number of carbonyl (C=O) groups excluding carboxylic acids is 2. The number of unbranched alkanes of at least 4 members (excludes halogenated alkanes) is 5. The number of rotatable bonds is 13. The largest absolute Gasteiger partial charge is 0.460 e. The van der Waals surface area contributed by atoms with E-state index in [-0.39, 0.29) is 23.9 Å². The van der Waals surface area contributed by atoms with Crippen molar-refractivity contribution in [2.45, 2.75) is 71.1 Å². The molecule has 5 heteroatoms. The Balaban J connectivity index is 2.09. The van der Waals surface area contributed by atoms with Crippen LogP contribution in [0, 0.1) is 5.92 Å². The number of halogens is 1. The summed E-state index contributed by atoms with van der Waals surface area (Å²) in [5.41, 5.74) is 1.96. The van der Waals surface area contributed by atoms with Crippen molar-refractivity contribution in [2.24, 2.45) is 5.92 Å². The van der Waals surface area contributed by atoms with Crippen LogP contribution in [0.5, 0.6) is 5.75 Å². The molecule has 32 heavy (non-hydrogen) atoms. The molecule has 4 nitrogen and oxygen atoms in total. The van der Waals surface area contributed by atoms with Crippen molar-refractivity contribution in [1.82, 2.24) is 0 Å². The average Bonchev–Trinajstić information content (AvgIpc) is 2.80. The molecule has 0 heterocycles. The minimum absolute atomic E-state index is 0.119. The van der Waals surface area contributed by atoms with E-state index in [1.807, 2.05) is 44.2 Å². The standard InChI is InChI=1S/C27H35ClO4/c1-4-5-6-7-8-12-15-26(29)32-22-16-17-23(21-13-10-9-11-14-21)24(18-22)27(30)31-19-25(28)20(2)3/h9-11,13-14,16-18,20,25H,4-8,12,15,19H2,1-3H3. The molecule has 0 spiro atoms. The van der Waals surface area contributed by atoms with Crippen molar-refractivity contribution in [1.29, 1.82) is 0 Å². The SMILES string of the molecule is CCCCCCCCC(=O)Oc1ccc(-c2ccccc2)c(C(=O)OCC(Cl)C(C)C)c1. The summed E-state index contributed by atoms with van der Waals surface area (Å²) < 4.78 is 11.0. The van der Waals surface area contributed by atoms with Crippen LogP contribution in [0.1, 0.15) is 76.1 Å². The second-order valence-corrected chi connectivity index (χ2v) is 8.98. The molecule has 174 valence electrons. The van der Waals surface area contributed by atoms with Crippen LogP contribution in [0.15, 0.2) is 48.5 Å². The number of benzene rings is 2. The van der Waals surface area contributed by atoms with E-state index in [2.05, 4.69) is 6.92 Å². The van der Waals surface area contributed by atoms with Gasteiger partial charge >= 0.3 is 11.9 Å². The molecule has 0 aliphatic rings. The van der Waals surface area contributed by atoms with Gasteiger partial charge in [-0.25, -0.2) is 4.79 Å². The van der Waals surface area contributed by atoms with Gasteiger partial charge < -0.3 is 9.47 Å². The van der Waals surface area contributed by atoms with E-state index in [0.717, 1.165) is 30.4 Å². The van der Waals surface area contributed by atoms with E-state index in [1.165, 1.54) is 19.3 Å². The smallest absolute Gasteiger partial charge is 0.338 e. The number of hydrogen-bond acceptors (Lipinski definition) is 4. The minimum Gasteiger partial charge on any atom is -0.460 e. The van der Waals surface area contributed by atoms with Crippen LogP contribution >= 0.6 is 11.6 Å². The molecule has 1 unspecified atom stereocenters. The van der Waals surface area contributed by atoms with Gasteiger partial charge in [-0.15, -0.1) is 11.6 Å². The van der Waals surface area contributed by atoms with E-state index in [9.17, 15) is 9.59 Å². The second-order valence-electron chi connectivity index (χ2n) is 8.42. The van der Waals surface area contributed by atoms with Crippen molar-refractivity contribution in [3.05, 3.63) is 54.1 Å². The fourth-order valence-electron chi connectivity index (χ4n) is 3.28. The van der Waals surface area contributed by atoms with Crippen LogP contribution in [0.4, 0.5) is 0 Å². The Bertz CT molecular complexity index is 848. The molecular formula is C27H35ClO4. The Morgan fingerprint density at radius 3 is 2.31 bits per heavy atom. The van der Waals surface area contributed by atoms with Gasteiger partial charge in [0, 0.05) is 6.42 Å². The summed E-state index contributed by atoms with van der Waals surface area (Å²) in [6.45, 7) is 6.26. The quantitative estimate of drug-likeness (QED) is 0.135. The molecular weight excluding hydrogens is 424 g/mol. The van der Waals surface area contributed by atoms with Crippen LogP contribution < -0.4 is 4.74 Å². The molecule has 2 aromatic carbocycles. The summed E-state index contributed by atoms with van der Waals surface area (Å²) in [4.78, 5) is 25.2. The number of alkyl halides is 1. The summed E-state index contributed by atoms with van der Waals surface area (Å²) in [7, 11) is 0. The molecule has 2 aromatic rings. The first-order valence-corrected chi connectivity index (χ1v) is 12.1. The van der Waals surface area contributed by atoms with Crippen molar-refractivity contribution >= 4 is 23.5 Å². The number of hydrogen-bond donors (Lipinski definition) is 0. The van der Waals surface area contributed by atoms with Crippen LogP contribution in [-0.4, -0.2) is 23.9 Å². The van der Waals surface area contributed by atoms with Crippen LogP contribution in [0.2, 0.25) is 0 Å². The number of esters is 2. The van der Waals surface area contributed by atoms with Crippen LogP contribution in [0.25, 0.3) is 11.1 Å². The number of ether oxygens (including phenoxy) is 2. The lowest BCUT2D eigenvalue weighted by molar-refractivity contribution is -0.134. The van der Waals surface area contributed by atoms with E-state index in [0.29, 0.717) is 17.7 Å². The molecule has 0 N–H and O–H groups in total. The summed E-state index contributed by atoms with van der Waals surface area (Å²) in [6.07, 6.45) is 6.99. The zero-order chi connectivity index (χ0) is 23.3. The van der Waals surface area contributed by atoms with Gasteiger partial charge in [-0.05, 0) is 41.7 Å². The predicted molar refractivity (Wildman–Crippen MR) is 130 cm³/mol. The molecule has 2 rings (SSSR count). The lowest BCUT2D eigenvalue weighted by Crippen LogP contribution is -2.19. The maximum atomic E-state index is 12.9. The summed E-state index contributed by atoms with van der Waals surface area (Å²) >= 11 is 6.25. The fraction of sp³-hybridized carbons (Fsp3) is 0.481. The molecule has 1 atom stereocenters. The second kappa shape index (κ2) is 13.9. The third kappa shape index (κ3) is 8.66. The molecule has 0 radical (unpaired) electrons. The fourth-order valence-corrected chi connectivity index (χ4v) is 3.35. The van der Waals surface area contributed by atoms with Gasteiger partial charge in [-0.3, -0.25) is 4.79 Å². The Labute approximate surface area is 197 Å². The highest BCUT2D eigenvalue weighted by molar-refractivity contribution is 6.21. The third-order valence-electron chi connectivity index (χ3n) is 5.36. The Kier molecular flexibility index (Phi) is 11.3. The monoisotopic (exact) mass is 458 g/mol. The Morgan fingerprint density at radius 2 is 1.62 bits per heavy atom. The average molecular weight is 459 g/mol. The highest BCUT2D eigenvalue weighted by atomic mass is 35.5. The molecule has 0 saturated heterocycles. The first-order chi connectivity index (χ1) is 15.4. The molecule has 0 bridgehead atoms. The van der Waals surface area contributed by atoms with Gasteiger partial charge in [-0.2, -0.15) is 0 Å². The van der Waals surface area contributed by atoms with E-state index >= 15 is 0 Å². The van der Waals surface area contributed by atoms with E-state index in [4.69, 9.17) is 21.1 Å². The maximum absolute atomic E-state index is 12.9. The van der Waals surface area contributed by atoms with E-state index in [1.54, 1.807) is 18.2 Å². The van der Waals surface area contributed by atoms with Gasteiger partial charge in [0.05, 0.1) is 10.9 Å². The van der Waals surface area contributed by atoms with Crippen LogP contribution in [0.3, 0.4) is 0 Å². The normalized spacial score (nSPS) is 11.9. The predicted octanol–water partition coefficient (Wildman–Crippen LogP) is 7.43. The zero-order valence-electron chi connectivity index (χ0n) is 19.4. The highest BCUT2D eigenvalue weighted by Crippen LogP contribution is 2.29. The molecule has 0 saturated carbocycles. The van der Waals surface area contributed by atoms with Crippen molar-refractivity contribution in [3.8, 4) is 16.9 Å². The van der Waals surface area contributed by atoms with Gasteiger partial charge in [0.15, 0.2) is 0 Å². The van der Waals surface area contributed by atoms with Gasteiger partial charge in [0.1, 0.15) is 12.4 Å². The highest BCUT2D eigenvalue weighted by Gasteiger charge is 2.19. The van der Waals surface area contributed by atoms with Gasteiger partial charge in [0.25, 0.3) is 0 Å². The van der Waals surface area contributed by atoms with Gasteiger partial charge in [-0.1, -0.05) is 83.2 Å².